The van der Waals surface area contributed by atoms with Gasteiger partial charge < -0.3 is 18.9 Å². The Kier molecular flexibility index (Phi) is 13.6. The van der Waals surface area contributed by atoms with E-state index in [1.807, 2.05) is 43.3 Å². The summed E-state index contributed by atoms with van der Waals surface area (Å²) in [6.45, 7) is 1.99. The van der Waals surface area contributed by atoms with E-state index >= 15 is 0 Å². The predicted molar refractivity (Wildman–Crippen MR) is 137 cm³/mol. The van der Waals surface area contributed by atoms with E-state index in [0.29, 0.717) is 16.5 Å². The van der Waals surface area contributed by atoms with Crippen molar-refractivity contribution in [2.45, 2.75) is 31.7 Å². The number of rotatable bonds is 5. The van der Waals surface area contributed by atoms with E-state index in [9.17, 15) is 27.0 Å². The molecule has 0 saturated carbocycles. The second kappa shape index (κ2) is 15.4. The van der Waals surface area contributed by atoms with Crippen LogP contribution in [0.2, 0.25) is 0 Å². The van der Waals surface area contributed by atoms with Crippen molar-refractivity contribution in [1.29, 1.82) is 0 Å². The number of aryl methyl sites for hydroxylation is 1. The molecular formula is C27H22EuF3N2NaO5S. The first-order valence-electron chi connectivity index (χ1n) is 11.4. The molecule has 3 aromatic carbocycles. The van der Waals surface area contributed by atoms with Gasteiger partial charge >= 0.3 is 35.7 Å². The van der Waals surface area contributed by atoms with Gasteiger partial charge in [-0.25, -0.2) is 4.21 Å². The quantitative estimate of drug-likeness (QED) is 0.163. The Morgan fingerprint density at radius 2 is 1.52 bits per heavy atom. The molecule has 3 unspecified atom stereocenters. The van der Waals surface area contributed by atoms with Gasteiger partial charge in [0.25, 0.3) is 0 Å². The smallest absolute Gasteiger partial charge is 0.740 e. The summed E-state index contributed by atoms with van der Waals surface area (Å²) < 4.78 is 62.8. The second-order valence-corrected chi connectivity index (χ2v) is 9.07. The average Bonchev–Trinajstić information content (AvgIpc) is 2.88. The zero-order chi connectivity index (χ0) is 27.4. The van der Waals surface area contributed by atoms with Gasteiger partial charge in [-0.1, -0.05) is 42.5 Å². The molecule has 0 aliphatic heterocycles. The summed E-state index contributed by atoms with van der Waals surface area (Å²) in [5, 5.41) is 22.1. The maximum Gasteiger partial charge on any atom is 1.00 e. The Labute approximate surface area is 293 Å². The van der Waals surface area contributed by atoms with Crippen LogP contribution in [0.3, 0.4) is 0 Å². The molecule has 13 heteroatoms. The largest absolute Gasteiger partial charge is 1.00 e. The molecule has 0 bridgehead atoms. The first kappa shape index (κ1) is 35.1. The minimum absolute atomic E-state index is 0. The molecule has 40 heavy (non-hydrogen) atoms. The minimum Gasteiger partial charge on any atom is -0.740 e. The van der Waals surface area contributed by atoms with Gasteiger partial charge in [-0.2, -0.15) is 13.2 Å². The Hall–Kier alpha value is -1.06. The Morgan fingerprint density at radius 1 is 0.925 bits per heavy atom. The van der Waals surface area contributed by atoms with Crippen molar-refractivity contribution in [2.24, 2.45) is 0 Å². The molecule has 2 N–H and O–H groups in total. The Bertz CT molecular complexity index is 1630. The van der Waals surface area contributed by atoms with E-state index in [-0.39, 0.29) is 84.7 Å². The zero-order valence-electron chi connectivity index (χ0n) is 21.3. The van der Waals surface area contributed by atoms with Crippen molar-refractivity contribution in [1.82, 2.24) is 9.97 Å². The van der Waals surface area contributed by atoms with Gasteiger partial charge in [-0.15, -0.1) is 0 Å². The molecular weight excluding hydrogens is 696 g/mol. The monoisotopic (exact) mass is 719 g/mol. The number of benzene rings is 3. The number of aliphatic hydroxyl groups is 2. The summed E-state index contributed by atoms with van der Waals surface area (Å²) in [6.07, 6.45) is -6.12. The average molecular weight is 718 g/mol. The summed E-state index contributed by atoms with van der Waals surface area (Å²) in [6, 6.07) is 19.4. The van der Waals surface area contributed by atoms with E-state index in [1.54, 1.807) is 30.5 Å². The van der Waals surface area contributed by atoms with Gasteiger partial charge in [-0.05, 0) is 47.0 Å². The third kappa shape index (κ3) is 8.73. The van der Waals surface area contributed by atoms with Crippen LogP contribution in [-0.4, -0.2) is 41.2 Å². The molecule has 0 aliphatic rings. The van der Waals surface area contributed by atoms with Gasteiger partial charge in [0.1, 0.15) is 22.6 Å². The number of hydrogen-bond donors (Lipinski definition) is 2. The third-order valence-electron chi connectivity index (χ3n) is 5.94. The number of aromatic nitrogens is 2. The van der Waals surface area contributed by atoms with Crippen molar-refractivity contribution < 1.29 is 115 Å². The van der Waals surface area contributed by atoms with Crippen LogP contribution in [-0.2, 0) is 11.4 Å². The fourth-order valence-electron chi connectivity index (χ4n) is 3.98. The van der Waals surface area contributed by atoms with Crippen molar-refractivity contribution in [3.05, 3.63) is 90.3 Å². The summed E-state index contributed by atoms with van der Waals surface area (Å²) in [4.78, 5) is 8.59. The molecule has 3 atom stereocenters. The molecule has 205 valence electrons. The number of aliphatic hydroxyl groups excluding tert-OH is 2. The molecule has 0 fully saturated rings. The molecule has 2 heterocycles. The standard InChI is InChI=1S/C14H13F3O2.C13H10N2O3S.Eu.Na/c15-14(16,17)13(19)8-12(18)11-6-5-9-3-1-2-4-10(9)7-11;1-8-4-6-14-12-9(8)2-3-10-11(18-19(16)17)5-7-15-13(10)12;;/h1-7,12-13,18-19H,8H2;2-7H,1H3,(H,16,17);;/q;;;+1/p-1. The topological polar surface area (TPSA) is 116 Å². The van der Waals surface area contributed by atoms with E-state index in [0.717, 1.165) is 27.2 Å². The van der Waals surface area contributed by atoms with E-state index in [1.165, 1.54) is 12.3 Å². The van der Waals surface area contributed by atoms with Crippen LogP contribution in [0, 0.1) is 56.3 Å². The van der Waals surface area contributed by atoms with Gasteiger partial charge in [0, 0.05) is 85.0 Å². The maximum absolute atomic E-state index is 12.2. The van der Waals surface area contributed by atoms with Gasteiger partial charge in [0.2, 0.25) is 0 Å². The van der Waals surface area contributed by atoms with E-state index in [2.05, 4.69) is 9.97 Å². The number of pyridine rings is 2. The molecule has 7 nitrogen and oxygen atoms in total. The Morgan fingerprint density at radius 3 is 2.17 bits per heavy atom. The van der Waals surface area contributed by atoms with Gasteiger partial charge in [0.05, 0.1) is 11.6 Å². The van der Waals surface area contributed by atoms with Crippen molar-refractivity contribution in [2.75, 3.05) is 0 Å². The summed E-state index contributed by atoms with van der Waals surface area (Å²) >= 11 is -2.61. The van der Waals surface area contributed by atoms with Crippen LogP contribution >= 0.6 is 0 Å². The third-order valence-corrected chi connectivity index (χ3v) is 6.26. The van der Waals surface area contributed by atoms with Crippen LogP contribution in [0.4, 0.5) is 13.2 Å². The minimum atomic E-state index is -4.71. The first-order chi connectivity index (χ1) is 18.0. The number of alkyl halides is 3. The van der Waals surface area contributed by atoms with Gasteiger partial charge in [-0.3, -0.25) is 9.97 Å². The van der Waals surface area contributed by atoms with Crippen LogP contribution in [0.1, 0.15) is 23.7 Å². The summed E-state index contributed by atoms with van der Waals surface area (Å²) in [5.74, 6) is 0.253. The zero-order valence-corrected chi connectivity index (χ0v) is 26.5. The van der Waals surface area contributed by atoms with Crippen LogP contribution in [0.25, 0.3) is 32.6 Å². The molecule has 5 aromatic rings. The van der Waals surface area contributed by atoms with Gasteiger partial charge in [0.15, 0.2) is 6.10 Å². The van der Waals surface area contributed by atoms with Crippen molar-refractivity contribution in [3.8, 4) is 5.75 Å². The number of hydrogen-bond acceptors (Lipinski definition) is 7. The SMILES string of the molecule is Cc1ccnc2c1ccc1c(OS(=O)[O-])ccnc12.OC(CC(O)C(F)(F)F)c1ccc2ccccc2c1.[Eu].[Na+]. The fourth-order valence-corrected chi connectivity index (χ4v) is 4.27. The van der Waals surface area contributed by atoms with Crippen LogP contribution < -0.4 is 33.7 Å². The van der Waals surface area contributed by atoms with Crippen LogP contribution in [0.15, 0.2) is 79.1 Å². The summed E-state index contributed by atoms with van der Waals surface area (Å²) in [5.41, 5.74) is 2.82. The summed E-state index contributed by atoms with van der Waals surface area (Å²) in [7, 11) is 0. The molecule has 0 aliphatic carbocycles. The molecule has 2 aromatic heterocycles. The van der Waals surface area contributed by atoms with Crippen molar-refractivity contribution in [3.63, 3.8) is 0 Å². The number of fused-ring (bicyclic) bond motifs is 4. The van der Waals surface area contributed by atoms with Crippen molar-refractivity contribution >= 4 is 43.9 Å². The maximum atomic E-state index is 12.2. The second-order valence-electron chi connectivity index (χ2n) is 8.50. The molecule has 1 radical (unpaired) electrons. The first-order valence-corrected chi connectivity index (χ1v) is 12.4. The number of nitrogens with zero attached hydrogens (tertiary/aromatic N) is 2. The molecule has 0 saturated heterocycles. The normalized spacial score (nSPS) is 13.4. The predicted octanol–water partition coefficient (Wildman–Crippen LogP) is 2.45. The molecule has 5 rings (SSSR count). The van der Waals surface area contributed by atoms with E-state index < -0.39 is 36.2 Å². The molecule has 0 spiro atoms. The van der Waals surface area contributed by atoms with Crippen LogP contribution in [0.5, 0.6) is 5.75 Å². The fraction of sp³-hybridized carbons (Fsp3) is 0.185. The Balaban J connectivity index is 0.000000267. The van der Waals surface area contributed by atoms with E-state index in [4.69, 9.17) is 9.29 Å². The molecule has 0 amide bonds. The number of halogens is 3.